The molecule has 0 aromatic carbocycles. The van der Waals surface area contributed by atoms with Crippen LogP contribution in [0.2, 0.25) is 0 Å². The molecule has 2 fully saturated rings. The molecule has 2 saturated carbocycles. The van der Waals surface area contributed by atoms with Crippen LogP contribution < -0.4 is 0 Å². The van der Waals surface area contributed by atoms with Crippen molar-refractivity contribution in [3.8, 4) is 0 Å². The van der Waals surface area contributed by atoms with E-state index in [4.69, 9.17) is 0 Å². The summed E-state index contributed by atoms with van der Waals surface area (Å²) in [7, 11) is 0. The Kier molecular flexibility index (Phi) is 2.20. The largest absolute Gasteiger partial charge is 0.300 e. The molecule has 1 nitrogen and oxygen atoms in total. The van der Waals surface area contributed by atoms with Gasteiger partial charge in [0.2, 0.25) is 0 Å². The lowest BCUT2D eigenvalue weighted by Crippen LogP contribution is -2.23. The van der Waals surface area contributed by atoms with E-state index in [1.54, 1.807) is 0 Å². The Hall–Kier alpha value is -0.330. The molecule has 0 heterocycles. The zero-order valence-corrected chi connectivity index (χ0v) is 7.88. The Morgan fingerprint density at radius 2 is 1.75 bits per heavy atom. The molecule has 0 aromatic rings. The summed E-state index contributed by atoms with van der Waals surface area (Å²) in [6, 6.07) is 0. The molecule has 12 heavy (non-hydrogen) atoms. The van der Waals surface area contributed by atoms with Crippen LogP contribution >= 0.6 is 0 Å². The number of rotatable bonds is 4. The molecule has 2 aliphatic rings. The predicted molar refractivity (Wildman–Crippen MR) is 48.9 cm³/mol. The summed E-state index contributed by atoms with van der Waals surface area (Å²) in [5.41, 5.74) is 0. The normalized spacial score (nSPS) is 34.4. The minimum absolute atomic E-state index is 0.536. The molecule has 1 heteroatoms. The summed E-state index contributed by atoms with van der Waals surface area (Å²) in [6.07, 6.45) is 7.01. The fraction of sp³-hybridized carbons (Fsp3) is 0.909. The van der Waals surface area contributed by atoms with Crippen LogP contribution in [0.5, 0.6) is 0 Å². The van der Waals surface area contributed by atoms with E-state index < -0.39 is 0 Å². The Bertz CT molecular complexity index is 175. The molecule has 68 valence electrons. The SMILES string of the molecule is CC1CC(CC(=O)CC2CC2)C1. The summed E-state index contributed by atoms with van der Waals surface area (Å²) in [5, 5.41) is 0. The molecule has 0 aliphatic heterocycles. The van der Waals surface area contributed by atoms with Crippen molar-refractivity contribution in [2.45, 2.75) is 45.4 Å². The number of carbonyl (C=O) groups is 1. The second-order valence-corrected chi connectivity index (χ2v) is 4.83. The monoisotopic (exact) mass is 166 g/mol. The number of hydrogen-bond donors (Lipinski definition) is 0. The quantitative estimate of drug-likeness (QED) is 0.627. The number of Topliss-reactive ketones (excluding diaryl/α,β-unsaturated/α-hetero) is 1. The lowest BCUT2D eigenvalue weighted by Gasteiger charge is -2.32. The van der Waals surface area contributed by atoms with Gasteiger partial charge in [-0.05, 0) is 43.4 Å². The third-order valence-corrected chi connectivity index (χ3v) is 3.20. The van der Waals surface area contributed by atoms with Crippen LogP contribution in [0.3, 0.4) is 0 Å². The van der Waals surface area contributed by atoms with E-state index in [9.17, 15) is 4.79 Å². The van der Waals surface area contributed by atoms with Crippen molar-refractivity contribution in [3.63, 3.8) is 0 Å². The minimum atomic E-state index is 0.536. The van der Waals surface area contributed by atoms with Gasteiger partial charge in [0.1, 0.15) is 5.78 Å². The maximum absolute atomic E-state index is 11.4. The van der Waals surface area contributed by atoms with Gasteiger partial charge in [0.15, 0.2) is 0 Å². The van der Waals surface area contributed by atoms with Crippen molar-refractivity contribution in [2.75, 3.05) is 0 Å². The van der Waals surface area contributed by atoms with Gasteiger partial charge in [0.25, 0.3) is 0 Å². The van der Waals surface area contributed by atoms with Crippen LogP contribution in [0.15, 0.2) is 0 Å². The first-order valence-corrected chi connectivity index (χ1v) is 5.25. The van der Waals surface area contributed by atoms with E-state index in [2.05, 4.69) is 6.92 Å². The van der Waals surface area contributed by atoms with E-state index in [-0.39, 0.29) is 0 Å². The van der Waals surface area contributed by atoms with Crippen molar-refractivity contribution < 1.29 is 4.79 Å². The standard InChI is InChI=1S/C11H18O/c1-8-4-10(5-8)7-11(12)6-9-2-3-9/h8-10H,2-7H2,1H3. The average Bonchev–Trinajstić information content (AvgIpc) is 2.68. The Labute approximate surface area is 74.5 Å². The molecule has 0 atom stereocenters. The molecule has 0 aromatic heterocycles. The molecule has 0 spiro atoms. The second-order valence-electron chi connectivity index (χ2n) is 4.83. The van der Waals surface area contributed by atoms with Crippen LogP contribution in [-0.4, -0.2) is 5.78 Å². The molecule has 0 unspecified atom stereocenters. The molecule has 0 amide bonds. The number of hydrogen-bond acceptors (Lipinski definition) is 1. The molecular formula is C11H18O. The minimum Gasteiger partial charge on any atom is -0.300 e. The van der Waals surface area contributed by atoms with Gasteiger partial charge < -0.3 is 0 Å². The highest BCUT2D eigenvalue weighted by atomic mass is 16.1. The fourth-order valence-corrected chi connectivity index (χ4v) is 2.28. The van der Waals surface area contributed by atoms with Crippen LogP contribution in [0.4, 0.5) is 0 Å². The maximum atomic E-state index is 11.4. The molecule has 0 N–H and O–H groups in total. The van der Waals surface area contributed by atoms with Crippen molar-refractivity contribution >= 4 is 5.78 Å². The van der Waals surface area contributed by atoms with Gasteiger partial charge in [0, 0.05) is 12.8 Å². The van der Waals surface area contributed by atoms with E-state index in [0.29, 0.717) is 5.78 Å². The molecule has 2 rings (SSSR count). The van der Waals surface area contributed by atoms with Crippen LogP contribution in [0.25, 0.3) is 0 Å². The third-order valence-electron chi connectivity index (χ3n) is 3.20. The Morgan fingerprint density at radius 1 is 1.17 bits per heavy atom. The molecule has 0 saturated heterocycles. The van der Waals surface area contributed by atoms with Crippen molar-refractivity contribution in [3.05, 3.63) is 0 Å². The summed E-state index contributed by atoms with van der Waals surface area (Å²) < 4.78 is 0. The summed E-state index contributed by atoms with van der Waals surface area (Å²) >= 11 is 0. The fourth-order valence-electron chi connectivity index (χ4n) is 2.28. The van der Waals surface area contributed by atoms with Gasteiger partial charge in [-0.1, -0.05) is 6.92 Å². The lowest BCUT2D eigenvalue weighted by atomic mass is 9.73. The Morgan fingerprint density at radius 3 is 2.25 bits per heavy atom. The third kappa shape index (κ3) is 2.09. The van der Waals surface area contributed by atoms with E-state index in [1.165, 1.54) is 25.7 Å². The summed E-state index contributed by atoms with van der Waals surface area (Å²) in [6.45, 7) is 2.28. The first-order chi connectivity index (χ1) is 5.74. The van der Waals surface area contributed by atoms with Crippen LogP contribution in [0, 0.1) is 17.8 Å². The van der Waals surface area contributed by atoms with E-state index in [1.807, 2.05) is 0 Å². The highest BCUT2D eigenvalue weighted by molar-refractivity contribution is 5.79. The molecule has 0 radical (unpaired) electrons. The van der Waals surface area contributed by atoms with Gasteiger partial charge in [-0.25, -0.2) is 0 Å². The van der Waals surface area contributed by atoms with Crippen molar-refractivity contribution in [1.82, 2.24) is 0 Å². The Balaban J connectivity index is 1.62. The second kappa shape index (κ2) is 3.20. The predicted octanol–water partition coefficient (Wildman–Crippen LogP) is 2.79. The number of ketones is 1. The smallest absolute Gasteiger partial charge is 0.133 e. The van der Waals surface area contributed by atoms with Gasteiger partial charge in [-0.15, -0.1) is 0 Å². The lowest BCUT2D eigenvalue weighted by molar-refractivity contribution is -0.121. The van der Waals surface area contributed by atoms with Crippen LogP contribution in [-0.2, 0) is 4.79 Å². The van der Waals surface area contributed by atoms with Gasteiger partial charge in [-0.2, -0.15) is 0 Å². The van der Waals surface area contributed by atoms with E-state index >= 15 is 0 Å². The highest BCUT2D eigenvalue weighted by Crippen LogP contribution is 2.38. The average molecular weight is 166 g/mol. The van der Waals surface area contributed by atoms with Crippen molar-refractivity contribution in [1.29, 1.82) is 0 Å². The summed E-state index contributed by atoms with van der Waals surface area (Å²) in [5.74, 6) is 2.97. The highest BCUT2D eigenvalue weighted by Gasteiger charge is 2.30. The van der Waals surface area contributed by atoms with Crippen LogP contribution in [0.1, 0.15) is 45.4 Å². The molecule has 0 bridgehead atoms. The zero-order valence-electron chi connectivity index (χ0n) is 7.88. The molecular weight excluding hydrogens is 148 g/mol. The van der Waals surface area contributed by atoms with Crippen molar-refractivity contribution in [2.24, 2.45) is 17.8 Å². The van der Waals surface area contributed by atoms with E-state index in [0.717, 1.165) is 30.6 Å². The number of carbonyl (C=O) groups excluding carboxylic acids is 1. The maximum Gasteiger partial charge on any atom is 0.133 e. The van der Waals surface area contributed by atoms with Gasteiger partial charge in [0.05, 0.1) is 0 Å². The first-order valence-electron chi connectivity index (χ1n) is 5.25. The summed E-state index contributed by atoms with van der Waals surface area (Å²) in [4.78, 5) is 11.4. The zero-order chi connectivity index (χ0) is 8.55. The van der Waals surface area contributed by atoms with Gasteiger partial charge >= 0.3 is 0 Å². The first kappa shape index (κ1) is 8.28. The molecule has 2 aliphatic carbocycles. The van der Waals surface area contributed by atoms with Gasteiger partial charge in [-0.3, -0.25) is 4.79 Å². The topological polar surface area (TPSA) is 17.1 Å².